The minimum atomic E-state index is -1.06. The van der Waals surface area contributed by atoms with E-state index in [2.05, 4.69) is 9.97 Å². The lowest BCUT2D eigenvalue weighted by atomic mass is 9.80. The van der Waals surface area contributed by atoms with E-state index >= 15 is 0 Å². The molecule has 0 amide bonds. The molecule has 4 heteroatoms. The van der Waals surface area contributed by atoms with Gasteiger partial charge in [-0.1, -0.05) is 12.1 Å². The third-order valence-corrected chi connectivity index (χ3v) is 2.99. The van der Waals surface area contributed by atoms with Crippen LogP contribution in [0.3, 0.4) is 0 Å². The van der Waals surface area contributed by atoms with Gasteiger partial charge in [0.1, 0.15) is 6.23 Å². The van der Waals surface area contributed by atoms with Gasteiger partial charge in [0.05, 0.1) is 16.8 Å². The second-order valence-corrected chi connectivity index (χ2v) is 4.08. The Kier molecular flexibility index (Phi) is 3.17. The average molecular weight is 229 g/mol. The molecule has 0 aliphatic rings. The van der Waals surface area contributed by atoms with Crippen LogP contribution in [0.15, 0.2) is 48.8 Å². The summed E-state index contributed by atoms with van der Waals surface area (Å²) in [6.07, 6.45) is 2.30. The Labute approximate surface area is 100 Å². The molecule has 0 radical (unpaired) electrons. The quantitative estimate of drug-likeness (QED) is 0.772. The van der Waals surface area contributed by atoms with E-state index in [-0.39, 0.29) is 0 Å². The lowest BCUT2D eigenvalue weighted by Crippen LogP contribution is -2.45. The van der Waals surface area contributed by atoms with Crippen LogP contribution in [-0.2, 0) is 5.41 Å². The van der Waals surface area contributed by atoms with Crippen LogP contribution in [0.25, 0.3) is 0 Å². The molecule has 2 aromatic rings. The molecule has 1 atom stereocenters. The van der Waals surface area contributed by atoms with Crippen molar-refractivity contribution in [3.8, 4) is 0 Å². The highest BCUT2D eigenvalue weighted by atomic mass is 16.3. The van der Waals surface area contributed by atoms with Crippen LogP contribution in [0.5, 0.6) is 0 Å². The van der Waals surface area contributed by atoms with Crippen molar-refractivity contribution in [1.82, 2.24) is 9.97 Å². The van der Waals surface area contributed by atoms with E-state index < -0.39 is 11.6 Å². The fourth-order valence-corrected chi connectivity index (χ4v) is 1.77. The van der Waals surface area contributed by atoms with Gasteiger partial charge in [-0.05, 0) is 31.2 Å². The highest BCUT2D eigenvalue weighted by Gasteiger charge is 2.37. The molecular weight excluding hydrogens is 214 g/mol. The molecule has 2 heterocycles. The molecule has 0 saturated heterocycles. The smallest absolute Gasteiger partial charge is 0.119 e. The van der Waals surface area contributed by atoms with Crippen LogP contribution in [0, 0.1) is 0 Å². The van der Waals surface area contributed by atoms with Crippen LogP contribution in [0.1, 0.15) is 18.3 Å². The predicted molar refractivity (Wildman–Crippen MR) is 65.1 cm³/mol. The zero-order valence-electron chi connectivity index (χ0n) is 9.62. The van der Waals surface area contributed by atoms with Crippen molar-refractivity contribution in [2.45, 2.75) is 18.6 Å². The number of nitrogens with two attached hydrogens (primary N) is 1. The molecule has 0 aliphatic carbocycles. The Morgan fingerprint density at radius 2 is 1.53 bits per heavy atom. The Bertz CT molecular complexity index is 431. The van der Waals surface area contributed by atoms with E-state index in [0.717, 1.165) is 0 Å². The largest absolute Gasteiger partial charge is 0.377 e. The van der Waals surface area contributed by atoms with Gasteiger partial charge >= 0.3 is 0 Å². The van der Waals surface area contributed by atoms with E-state index in [1.807, 2.05) is 43.3 Å². The Hall–Kier alpha value is -1.78. The summed E-state index contributed by atoms with van der Waals surface area (Å²) in [6, 6.07) is 11.1. The second-order valence-electron chi connectivity index (χ2n) is 4.08. The minimum Gasteiger partial charge on any atom is -0.377 e. The molecule has 0 aromatic carbocycles. The molecule has 0 aliphatic heterocycles. The van der Waals surface area contributed by atoms with Gasteiger partial charge in [0.25, 0.3) is 0 Å². The van der Waals surface area contributed by atoms with Crippen molar-refractivity contribution < 1.29 is 5.11 Å². The first-order valence-electron chi connectivity index (χ1n) is 5.42. The van der Waals surface area contributed by atoms with Gasteiger partial charge in [-0.25, -0.2) is 0 Å². The summed E-state index contributed by atoms with van der Waals surface area (Å²) in [7, 11) is 0. The monoisotopic (exact) mass is 229 g/mol. The van der Waals surface area contributed by atoms with Gasteiger partial charge in [-0.2, -0.15) is 0 Å². The van der Waals surface area contributed by atoms with Gasteiger partial charge < -0.3 is 10.8 Å². The molecule has 3 N–H and O–H groups in total. The van der Waals surface area contributed by atoms with E-state index in [1.54, 1.807) is 12.4 Å². The van der Waals surface area contributed by atoms with Crippen molar-refractivity contribution in [3.63, 3.8) is 0 Å². The number of nitrogens with zero attached hydrogens (tertiary/aromatic N) is 2. The molecule has 2 rings (SSSR count). The van der Waals surface area contributed by atoms with Crippen LogP contribution < -0.4 is 5.73 Å². The van der Waals surface area contributed by atoms with Crippen LogP contribution >= 0.6 is 0 Å². The van der Waals surface area contributed by atoms with Crippen LogP contribution in [-0.4, -0.2) is 21.3 Å². The first kappa shape index (κ1) is 11.7. The first-order valence-corrected chi connectivity index (χ1v) is 5.42. The maximum Gasteiger partial charge on any atom is 0.119 e. The molecule has 0 saturated carbocycles. The first-order chi connectivity index (χ1) is 8.15. The van der Waals surface area contributed by atoms with Crippen molar-refractivity contribution in [2.75, 3.05) is 0 Å². The lowest BCUT2D eigenvalue weighted by Gasteiger charge is -2.31. The van der Waals surface area contributed by atoms with E-state index in [4.69, 9.17) is 5.73 Å². The fraction of sp³-hybridized carbons (Fsp3) is 0.231. The zero-order chi connectivity index (χ0) is 12.3. The number of aliphatic hydroxyl groups is 1. The summed E-state index contributed by atoms with van der Waals surface area (Å²) in [5.41, 5.74) is 6.31. The summed E-state index contributed by atoms with van der Waals surface area (Å²) in [6.45, 7) is 1.84. The highest BCUT2D eigenvalue weighted by Crippen LogP contribution is 2.30. The number of rotatable bonds is 3. The molecule has 0 bridgehead atoms. The van der Waals surface area contributed by atoms with E-state index in [0.29, 0.717) is 11.4 Å². The highest BCUT2D eigenvalue weighted by molar-refractivity contribution is 5.31. The van der Waals surface area contributed by atoms with Crippen molar-refractivity contribution in [2.24, 2.45) is 5.73 Å². The third-order valence-electron chi connectivity index (χ3n) is 2.99. The summed E-state index contributed by atoms with van der Waals surface area (Å²) in [5, 5.41) is 9.88. The Morgan fingerprint density at radius 1 is 1.06 bits per heavy atom. The number of aromatic nitrogens is 2. The molecule has 0 spiro atoms. The number of pyridine rings is 2. The van der Waals surface area contributed by atoms with Gasteiger partial charge in [-0.15, -0.1) is 0 Å². The molecular formula is C13H15N3O. The molecule has 4 nitrogen and oxygen atoms in total. The zero-order valence-corrected chi connectivity index (χ0v) is 9.62. The third kappa shape index (κ3) is 2.05. The van der Waals surface area contributed by atoms with Crippen molar-refractivity contribution in [1.29, 1.82) is 0 Å². The summed E-state index contributed by atoms with van der Waals surface area (Å²) >= 11 is 0. The maximum atomic E-state index is 9.88. The molecule has 88 valence electrons. The SMILES string of the molecule is CC(c1ccccn1)(c1ccccn1)C(N)O. The molecule has 1 unspecified atom stereocenters. The average Bonchev–Trinajstić information content (AvgIpc) is 2.39. The number of aliphatic hydroxyl groups excluding tert-OH is 1. The van der Waals surface area contributed by atoms with Crippen molar-refractivity contribution >= 4 is 0 Å². The fourth-order valence-electron chi connectivity index (χ4n) is 1.77. The van der Waals surface area contributed by atoms with Gasteiger partial charge in [0, 0.05) is 12.4 Å². The van der Waals surface area contributed by atoms with E-state index in [9.17, 15) is 5.11 Å². The number of hydrogen-bond donors (Lipinski definition) is 2. The summed E-state index contributed by atoms with van der Waals surface area (Å²) in [5.74, 6) is 0. The van der Waals surface area contributed by atoms with Gasteiger partial charge in [-0.3, -0.25) is 9.97 Å². The summed E-state index contributed by atoms with van der Waals surface area (Å²) in [4.78, 5) is 8.54. The Morgan fingerprint density at radius 3 is 1.82 bits per heavy atom. The topological polar surface area (TPSA) is 72.0 Å². The molecule has 0 fully saturated rings. The van der Waals surface area contributed by atoms with Gasteiger partial charge in [0.15, 0.2) is 0 Å². The number of hydrogen-bond acceptors (Lipinski definition) is 4. The summed E-state index contributed by atoms with van der Waals surface area (Å²) < 4.78 is 0. The lowest BCUT2D eigenvalue weighted by molar-refractivity contribution is 0.113. The van der Waals surface area contributed by atoms with Gasteiger partial charge in [0.2, 0.25) is 0 Å². The Balaban J connectivity index is 2.55. The van der Waals surface area contributed by atoms with E-state index in [1.165, 1.54) is 0 Å². The standard InChI is InChI=1S/C13H15N3O/c1-13(12(14)17,10-6-2-4-8-15-10)11-7-3-5-9-16-11/h2-9,12,17H,14H2,1H3. The molecule has 17 heavy (non-hydrogen) atoms. The minimum absolute atomic E-state index is 0.703. The predicted octanol–water partition coefficient (Wildman–Crippen LogP) is 1.06. The second kappa shape index (κ2) is 4.61. The normalized spacial score (nSPS) is 13.4. The molecule has 2 aromatic heterocycles. The maximum absolute atomic E-state index is 9.88. The van der Waals surface area contributed by atoms with Crippen molar-refractivity contribution in [3.05, 3.63) is 60.2 Å². The van der Waals surface area contributed by atoms with Crippen LogP contribution in [0.4, 0.5) is 0 Å². The van der Waals surface area contributed by atoms with Crippen LogP contribution in [0.2, 0.25) is 0 Å².